The smallest absolute Gasteiger partial charge is 0.155 e. The molecule has 118 valence electrons. The molecule has 0 radical (unpaired) electrons. The van der Waals surface area contributed by atoms with Crippen LogP contribution in [-0.4, -0.2) is 41.8 Å². The van der Waals surface area contributed by atoms with Gasteiger partial charge in [-0.2, -0.15) is 0 Å². The third kappa shape index (κ3) is 3.75. The molecule has 3 atom stereocenters. The second-order valence-electron chi connectivity index (χ2n) is 6.21. The van der Waals surface area contributed by atoms with Crippen molar-refractivity contribution in [3.05, 3.63) is 0 Å². The number of rotatable bonds is 6. The van der Waals surface area contributed by atoms with Crippen molar-refractivity contribution in [3.63, 3.8) is 0 Å². The highest BCUT2D eigenvalue weighted by Gasteiger charge is 2.51. The number of ketones is 2. The van der Waals surface area contributed by atoms with Crippen LogP contribution in [-0.2, 0) is 14.4 Å². The van der Waals surface area contributed by atoms with Crippen LogP contribution < -0.4 is 0 Å². The first-order valence-corrected chi connectivity index (χ1v) is 7.07. The predicted octanol–water partition coefficient (Wildman–Crippen LogP) is 1.60. The molecule has 0 aromatic heterocycles. The Morgan fingerprint density at radius 1 is 1.57 bits per heavy atom. The molecule has 0 aromatic carbocycles. The highest BCUT2D eigenvalue weighted by Crippen LogP contribution is 2.41. The van der Waals surface area contributed by atoms with Gasteiger partial charge in [0.1, 0.15) is 18.8 Å². The van der Waals surface area contributed by atoms with E-state index < -0.39 is 23.4 Å². The van der Waals surface area contributed by atoms with Gasteiger partial charge >= 0.3 is 0 Å². The number of carbonyl (C=O) groups is 2. The van der Waals surface area contributed by atoms with Crippen LogP contribution in [0.3, 0.4) is 0 Å². The van der Waals surface area contributed by atoms with Crippen molar-refractivity contribution < 1.29 is 19.5 Å². The van der Waals surface area contributed by atoms with Gasteiger partial charge in [0.2, 0.25) is 0 Å². The molecule has 3 unspecified atom stereocenters. The van der Waals surface area contributed by atoms with Gasteiger partial charge in [-0.3, -0.25) is 9.59 Å². The van der Waals surface area contributed by atoms with Crippen molar-refractivity contribution in [1.29, 1.82) is 5.41 Å². The first kappa shape index (κ1) is 17.5. The number of Topliss-reactive ketones (excluding diaryl/α,β-unsaturated/α-hetero) is 2. The number of hydrogen-bond acceptors (Lipinski definition) is 6. The highest BCUT2D eigenvalue weighted by atomic mass is 16.6. The summed E-state index contributed by atoms with van der Waals surface area (Å²) < 4.78 is 0. The minimum absolute atomic E-state index is 0.215. The number of hydrogen-bond donors (Lipinski definition) is 2. The van der Waals surface area contributed by atoms with Gasteiger partial charge < -0.3 is 15.4 Å². The molecule has 0 bridgehead atoms. The molecule has 1 aliphatic carbocycles. The van der Waals surface area contributed by atoms with E-state index in [2.05, 4.69) is 5.16 Å². The Bertz CT molecular complexity index is 457. The number of aliphatic hydroxyl groups is 1. The molecule has 0 saturated heterocycles. The SMILES string of the molecule is CON=C(C)C1C(=O)C(C(O)CCC=N)C(=O)CC1(C)C. The largest absolute Gasteiger partial charge is 0.399 e. The van der Waals surface area contributed by atoms with Crippen molar-refractivity contribution in [2.45, 2.75) is 46.1 Å². The van der Waals surface area contributed by atoms with Crippen LogP contribution in [0.15, 0.2) is 5.16 Å². The molecule has 0 spiro atoms. The lowest BCUT2D eigenvalue weighted by Crippen LogP contribution is -2.52. The van der Waals surface area contributed by atoms with Gasteiger partial charge in [0.05, 0.1) is 17.7 Å². The Morgan fingerprint density at radius 3 is 2.71 bits per heavy atom. The van der Waals surface area contributed by atoms with Crippen LogP contribution in [0, 0.1) is 22.7 Å². The van der Waals surface area contributed by atoms with Gasteiger partial charge in [-0.25, -0.2) is 0 Å². The molecule has 6 nitrogen and oxygen atoms in total. The molecule has 0 aromatic rings. The molecule has 21 heavy (non-hydrogen) atoms. The summed E-state index contributed by atoms with van der Waals surface area (Å²) in [5, 5.41) is 21.0. The quantitative estimate of drug-likeness (QED) is 0.441. The summed E-state index contributed by atoms with van der Waals surface area (Å²) in [4.78, 5) is 29.7. The van der Waals surface area contributed by atoms with E-state index in [1.54, 1.807) is 6.92 Å². The molecule has 2 N–H and O–H groups in total. The maximum absolute atomic E-state index is 12.7. The maximum atomic E-state index is 12.7. The van der Waals surface area contributed by atoms with E-state index in [9.17, 15) is 14.7 Å². The Labute approximate surface area is 125 Å². The lowest BCUT2D eigenvalue weighted by molar-refractivity contribution is -0.147. The van der Waals surface area contributed by atoms with E-state index in [-0.39, 0.29) is 24.4 Å². The van der Waals surface area contributed by atoms with Crippen molar-refractivity contribution in [2.75, 3.05) is 7.11 Å². The van der Waals surface area contributed by atoms with Crippen LogP contribution in [0.1, 0.15) is 40.0 Å². The van der Waals surface area contributed by atoms with Gasteiger partial charge in [-0.15, -0.1) is 0 Å². The molecule has 0 amide bonds. The molecule has 1 saturated carbocycles. The Kier molecular flexibility index (Phi) is 5.78. The first-order chi connectivity index (χ1) is 9.76. The second kappa shape index (κ2) is 6.93. The number of nitrogens with zero attached hydrogens (tertiary/aromatic N) is 1. The van der Waals surface area contributed by atoms with Gasteiger partial charge in [-0.1, -0.05) is 19.0 Å². The van der Waals surface area contributed by atoms with E-state index in [1.807, 2.05) is 13.8 Å². The fourth-order valence-corrected chi connectivity index (χ4v) is 3.18. The molecule has 1 aliphatic rings. The molecule has 0 aliphatic heterocycles. The highest BCUT2D eigenvalue weighted by molar-refractivity contribution is 6.15. The van der Waals surface area contributed by atoms with Crippen LogP contribution in [0.2, 0.25) is 0 Å². The second-order valence-corrected chi connectivity index (χ2v) is 6.21. The van der Waals surface area contributed by atoms with Crippen LogP contribution in [0.25, 0.3) is 0 Å². The van der Waals surface area contributed by atoms with Crippen molar-refractivity contribution in [3.8, 4) is 0 Å². The summed E-state index contributed by atoms with van der Waals surface area (Å²) in [5.41, 5.74) is -0.0258. The average Bonchev–Trinajstić information content (AvgIpc) is 2.34. The topological polar surface area (TPSA) is 99.8 Å². The summed E-state index contributed by atoms with van der Waals surface area (Å²) in [6.07, 6.45) is 0.920. The summed E-state index contributed by atoms with van der Waals surface area (Å²) in [6, 6.07) is 0. The van der Waals surface area contributed by atoms with Crippen LogP contribution in [0.4, 0.5) is 0 Å². The van der Waals surface area contributed by atoms with Crippen LogP contribution in [0.5, 0.6) is 0 Å². The zero-order valence-corrected chi connectivity index (χ0v) is 13.0. The average molecular weight is 296 g/mol. The third-order valence-corrected chi connectivity index (χ3v) is 3.99. The summed E-state index contributed by atoms with van der Waals surface area (Å²) >= 11 is 0. The van der Waals surface area contributed by atoms with Crippen molar-refractivity contribution in [2.24, 2.45) is 22.4 Å². The Hall–Kier alpha value is -1.56. The standard InChI is InChI=1S/C15H24N2O4/c1-9(17-21-4)13-14(20)12(10(18)6-5-7-16)11(19)8-15(13,2)3/h7,10,12-13,16,18H,5-6,8H2,1-4H3. The van der Waals surface area contributed by atoms with Gasteiger partial charge in [0.25, 0.3) is 0 Å². The minimum atomic E-state index is -1.04. The van der Waals surface area contributed by atoms with Crippen molar-refractivity contribution in [1.82, 2.24) is 0 Å². The molecular weight excluding hydrogens is 272 g/mol. The lowest BCUT2D eigenvalue weighted by Gasteiger charge is -2.40. The Balaban J connectivity index is 3.09. The number of aliphatic hydroxyl groups excluding tert-OH is 1. The monoisotopic (exact) mass is 296 g/mol. The van der Waals surface area contributed by atoms with E-state index in [0.29, 0.717) is 12.1 Å². The number of carbonyl (C=O) groups excluding carboxylic acids is 2. The first-order valence-electron chi connectivity index (χ1n) is 7.07. The normalized spacial score (nSPS) is 27.4. The van der Waals surface area contributed by atoms with E-state index in [0.717, 1.165) is 0 Å². The Morgan fingerprint density at radius 2 is 2.19 bits per heavy atom. The summed E-state index contributed by atoms with van der Waals surface area (Å²) in [7, 11) is 1.41. The summed E-state index contributed by atoms with van der Waals surface area (Å²) in [5.74, 6) is -2.10. The summed E-state index contributed by atoms with van der Waals surface area (Å²) in [6.45, 7) is 5.40. The lowest BCUT2D eigenvalue weighted by atomic mass is 9.61. The number of nitrogens with one attached hydrogen (secondary N) is 1. The zero-order chi connectivity index (χ0) is 16.2. The van der Waals surface area contributed by atoms with E-state index in [4.69, 9.17) is 10.2 Å². The third-order valence-electron chi connectivity index (χ3n) is 3.99. The molecular formula is C15H24N2O4. The number of oxime groups is 1. The van der Waals surface area contributed by atoms with E-state index >= 15 is 0 Å². The van der Waals surface area contributed by atoms with Gasteiger partial charge in [0, 0.05) is 6.42 Å². The van der Waals surface area contributed by atoms with Gasteiger partial charge in [0.15, 0.2) is 5.78 Å². The minimum Gasteiger partial charge on any atom is -0.399 e. The maximum Gasteiger partial charge on any atom is 0.155 e. The van der Waals surface area contributed by atoms with E-state index in [1.165, 1.54) is 13.3 Å². The van der Waals surface area contributed by atoms with Gasteiger partial charge in [-0.05, 0) is 31.4 Å². The molecule has 1 fully saturated rings. The fraction of sp³-hybridized carbons (Fsp3) is 0.733. The van der Waals surface area contributed by atoms with Crippen LogP contribution >= 0.6 is 0 Å². The molecule has 6 heteroatoms. The molecule has 1 rings (SSSR count). The fourth-order valence-electron chi connectivity index (χ4n) is 3.18. The predicted molar refractivity (Wildman–Crippen MR) is 79.5 cm³/mol. The zero-order valence-electron chi connectivity index (χ0n) is 13.0. The van der Waals surface area contributed by atoms with Crippen molar-refractivity contribution >= 4 is 23.5 Å². The molecule has 0 heterocycles.